The van der Waals surface area contributed by atoms with Crippen LogP contribution in [-0.2, 0) is 28.7 Å². The Hall–Kier alpha value is -3.83. The van der Waals surface area contributed by atoms with Gasteiger partial charge >= 0.3 is 5.97 Å². The fourth-order valence-corrected chi connectivity index (χ4v) is 4.95. The third kappa shape index (κ3) is 7.14. The van der Waals surface area contributed by atoms with Gasteiger partial charge in [0.05, 0.1) is 23.2 Å². The van der Waals surface area contributed by atoms with Gasteiger partial charge in [0.2, 0.25) is 11.8 Å². The number of fused-ring (bicyclic) bond motifs is 4. The molecule has 2 aromatic rings. The number of carbonyl (C=O) groups is 4. The summed E-state index contributed by atoms with van der Waals surface area (Å²) in [6.45, 7) is 9.19. The number of hydrazine groups is 1. The van der Waals surface area contributed by atoms with Crippen LogP contribution in [-0.4, -0.2) is 72.1 Å². The van der Waals surface area contributed by atoms with Gasteiger partial charge in [0, 0.05) is 19.0 Å². The molecule has 0 aliphatic carbocycles. The lowest BCUT2D eigenvalue weighted by atomic mass is 9.89. The van der Waals surface area contributed by atoms with Crippen molar-refractivity contribution in [2.75, 3.05) is 20.3 Å². The topological polar surface area (TPSA) is 139 Å². The molecule has 1 saturated heterocycles. The molecule has 1 aromatic heterocycles. The van der Waals surface area contributed by atoms with Gasteiger partial charge in [0.25, 0.3) is 5.91 Å². The number of esters is 1. The third-order valence-corrected chi connectivity index (χ3v) is 7.65. The minimum atomic E-state index is -1.04. The molecule has 3 N–H and O–H groups in total. The van der Waals surface area contributed by atoms with E-state index in [4.69, 9.17) is 14.5 Å². The maximum Gasteiger partial charge on any atom is 0.325 e. The summed E-state index contributed by atoms with van der Waals surface area (Å²) in [6, 6.07) is 6.86. The van der Waals surface area contributed by atoms with Gasteiger partial charge in [0.1, 0.15) is 24.2 Å². The Bertz CT molecular complexity index is 1370. The van der Waals surface area contributed by atoms with Gasteiger partial charge in [-0.25, -0.2) is 10.4 Å². The zero-order chi connectivity index (χ0) is 30.6. The Kier molecular flexibility index (Phi) is 9.63. The van der Waals surface area contributed by atoms with Crippen molar-refractivity contribution in [3.05, 3.63) is 47.7 Å². The summed E-state index contributed by atoms with van der Waals surface area (Å²) in [5.41, 5.74) is 4.18. The van der Waals surface area contributed by atoms with Crippen LogP contribution in [0.1, 0.15) is 64.8 Å². The number of aromatic nitrogens is 1. The Balaban J connectivity index is 1.72. The quantitative estimate of drug-likeness (QED) is 0.472. The fourth-order valence-electron chi connectivity index (χ4n) is 4.95. The van der Waals surface area contributed by atoms with E-state index in [-0.39, 0.29) is 18.4 Å². The predicted octanol–water partition coefficient (Wildman–Crippen LogP) is 2.66. The molecule has 0 unspecified atom stereocenters. The first-order chi connectivity index (χ1) is 19.9. The van der Waals surface area contributed by atoms with Gasteiger partial charge in [-0.15, -0.1) is 0 Å². The minimum Gasteiger partial charge on any atom is -0.455 e. The molecule has 4 atom stereocenters. The van der Waals surface area contributed by atoms with E-state index in [0.717, 1.165) is 16.5 Å². The molecule has 1 aromatic carbocycles. The number of methoxy groups -OCH3 is 1. The van der Waals surface area contributed by atoms with Crippen molar-refractivity contribution < 1.29 is 28.7 Å². The molecule has 4 rings (SSSR count). The van der Waals surface area contributed by atoms with Gasteiger partial charge in [-0.2, -0.15) is 0 Å². The summed E-state index contributed by atoms with van der Waals surface area (Å²) in [7, 11) is 1.43. The van der Waals surface area contributed by atoms with Crippen molar-refractivity contribution >= 4 is 40.7 Å². The summed E-state index contributed by atoms with van der Waals surface area (Å²) in [6.07, 6.45) is 4.04. The Morgan fingerprint density at radius 3 is 2.57 bits per heavy atom. The van der Waals surface area contributed by atoms with E-state index in [1.807, 2.05) is 50.3 Å². The Labute approximate surface area is 246 Å². The zero-order valence-corrected chi connectivity index (χ0v) is 25.1. The number of pyridine rings is 1. The van der Waals surface area contributed by atoms with E-state index in [9.17, 15) is 19.2 Å². The highest BCUT2D eigenvalue weighted by Crippen LogP contribution is 2.25. The highest BCUT2D eigenvalue weighted by atomic mass is 16.5. The van der Waals surface area contributed by atoms with Gasteiger partial charge in [-0.1, -0.05) is 44.2 Å². The second kappa shape index (κ2) is 13.0. The molecule has 2 aliphatic rings. The van der Waals surface area contributed by atoms with Gasteiger partial charge in [-0.05, 0) is 57.2 Å². The van der Waals surface area contributed by atoms with Crippen LogP contribution >= 0.6 is 0 Å². The van der Waals surface area contributed by atoms with E-state index in [0.29, 0.717) is 25.1 Å². The van der Waals surface area contributed by atoms with Crippen LogP contribution in [0.5, 0.6) is 0 Å². The first-order valence-corrected chi connectivity index (χ1v) is 14.4. The van der Waals surface area contributed by atoms with Crippen LogP contribution in [0.25, 0.3) is 17.0 Å². The molecule has 0 saturated carbocycles. The normalized spacial score (nSPS) is 25.7. The van der Waals surface area contributed by atoms with Crippen molar-refractivity contribution in [2.24, 2.45) is 11.3 Å². The average molecular weight is 580 g/mol. The van der Waals surface area contributed by atoms with Crippen molar-refractivity contribution in [2.45, 2.75) is 71.7 Å². The lowest BCUT2D eigenvalue weighted by Crippen LogP contribution is -2.62. The number of ether oxygens (including phenoxy) is 2. The van der Waals surface area contributed by atoms with Gasteiger partial charge in [-0.3, -0.25) is 24.2 Å². The molecule has 11 heteroatoms. The first kappa shape index (κ1) is 31.1. The number of cyclic esters (lactones) is 1. The summed E-state index contributed by atoms with van der Waals surface area (Å²) in [5.74, 6) is -2.05. The average Bonchev–Trinajstić information content (AvgIpc) is 2.96. The van der Waals surface area contributed by atoms with Crippen LogP contribution in [0, 0.1) is 11.3 Å². The van der Waals surface area contributed by atoms with Gasteiger partial charge < -0.3 is 20.1 Å². The van der Waals surface area contributed by atoms with E-state index in [1.165, 1.54) is 12.1 Å². The van der Waals surface area contributed by atoms with Crippen LogP contribution in [0.15, 0.2) is 36.4 Å². The lowest BCUT2D eigenvalue weighted by Gasteiger charge is -2.35. The fraction of sp³-hybridized carbons (Fsp3) is 0.516. The Morgan fingerprint density at radius 2 is 1.86 bits per heavy atom. The molecule has 0 spiro atoms. The molecule has 11 nitrogen and oxygen atoms in total. The molecule has 3 amide bonds. The maximum atomic E-state index is 13.5. The van der Waals surface area contributed by atoms with Crippen LogP contribution in [0.2, 0.25) is 0 Å². The molecular formula is C31H41N5O6. The zero-order valence-electron chi connectivity index (χ0n) is 25.1. The predicted molar refractivity (Wildman–Crippen MR) is 158 cm³/mol. The second-order valence-corrected chi connectivity index (χ2v) is 11.8. The largest absolute Gasteiger partial charge is 0.455 e. The summed E-state index contributed by atoms with van der Waals surface area (Å²) < 4.78 is 11.0. The molecular weight excluding hydrogens is 538 g/mol. The van der Waals surface area contributed by atoms with Crippen molar-refractivity contribution in [3.63, 3.8) is 0 Å². The van der Waals surface area contributed by atoms with E-state index in [2.05, 4.69) is 16.1 Å². The molecule has 2 aliphatic heterocycles. The monoisotopic (exact) mass is 579 g/mol. The molecule has 0 radical (unpaired) electrons. The van der Waals surface area contributed by atoms with Crippen molar-refractivity contribution in [3.8, 4) is 0 Å². The van der Waals surface area contributed by atoms with Gasteiger partial charge in [0.15, 0.2) is 0 Å². The Morgan fingerprint density at radius 1 is 1.12 bits per heavy atom. The summed E-state index contributed by atoms with van der Waals surface area (Å²) in [5, 5.41) is 7.88. The number of hydrogen-bond acceptors (Lipinski definition) is 8. The second-order valence-electron chi connectivity index (χ2n) is 11.8. The van der Waals surface area contributed by atoms with E-state index >= 15 is 0 Å². The van der Waals surface area contributed by atoms with E-state index < -0.39 is 47.4 Å². The summed E-state index contributed by atoms with van der Waals surface area (Å²) in [4.78, 5) is 58.2. The van der Waals surface area contributed by atoms with Crippen molar-refractivity contribution in [1.29, 1.82) is 0 Å². The standard InChI is InChI=1S/C31H41N5O6/c1-18(2)26-27(37)33-25(17-41-6)28(38)36-15-7-8-23(35-36)29(39)42-19(3)22-12-11-21-10-9-20(16-24(21)32-22)13-14-31(4,5)30(40)34-26/h9-14,16,18-19,23,25-26,35H,7-8,15,17H2,1-6H3,(H,33,37)(H,34,40)/t19-,23+,25-,26+/m1/s1. The minimum absolute atomic E-state index is 0.0888. The van der Waals surface area contributed by atoms with Crippen molar-refractivity contribution in [1.82, 2.24) is 26.1 Å². The third-order valence-electron chi connectivity index (χ3n) is 7.65. The molecule has 5 bridgehead atoms. The highest BCUT2D eigenvalue weighted by Gasteiger charge is 2.36. The SMILES string of the molecule is COC[C@H]1NC(=O)[C@H](C(C)C)NC(=O)C(C)(C)C=Cc2ccc3ccc(nc3c2)[C@@H](C)OC(=O)[C@@H]2CCCN(N2)C1=O. The number of amides is 3. The summed E-state index contributed by atoms with van der Waals surface area (Å²) >= 11 is 0. The number of hydrogen-bond donors (Lipinski definition) is 3. The van der Waals surface area contributed by atoms with Crippen LogP contribution in [0.3, 0.4) is 0 Å². The number of benzene rings is 1. The number of rotatable bonds is 3. The highest BCUT2D eigenvalue weighted by molar-refractivity contribution is 5.94. The maximum absolute atomic E-state index is 13.5. The number of carbonyl (C=O) groups excluding carboxylic acids is 4. The molecule has 1 fully saturated rings. The molecule has 3 heterocycles. The first-order valence-electron chi connectivity index (χ1n) is 14.4. The van der Waals surface area contributed by atoms with Crippen LogP contribution in [0.4, 0.5) is 0 Å². The number of nitrogens with one attached hydrogen (secondary N) is 3. The lowest BCUT2D eigenvalue weighted by molar-refractivity contribution is -0.157. The van der Waals surface area contributed by atoms with Crippen LogP contribution < -0.4 is 16.1 Å². The number of nitrogens with zero attached hydrogens (tertiary/aromatic N) is 2. The molecule has 42 heavy (non-hydrogen) atoms. The van der Waals surface area contributed by atoms with E-state index in [1.54, 1.807) is 26.8 Å². The smallest absolute Gasteiger partial charge is 0.325 e. The molecule has 226 valence electrons.